The van der Waals surface area contributed by atoms with Crippen LogP contribution in [0.5, 0.6) is 5.75 Å². The summed E-state index contributed by atoms with van der Waals surface area (Å²) in [6.45, 7) is 3.43. The number of ether oxygens (including phenoxy) is 1. The maximum absolute atomic E-state index is 12.9. The Balaban J connectivity index is 1.26. The number of nitrogens with one attached hydrogen (secondary N) is 1. The van der Waals surface area contributed by atoms with E-state index in [1.54, 1.807) is 6.08 Å². The van der Waals surface area contributed by atoms with Crippen LogP contribution < -0.4 is 10.1 Å². The average molecular weight is 686 g/mol. The number of likely N-dealkylation sites (tertiary alicyclic amines) is 1. The van der Waals surface area contributed by atoms with E-state index in [0.717, 1.165) is 57.5 Å². The summed E-state index contributed by atoms with van der Waals surface area (Å²) in [4.78, 5) is 29.2. The average Bonchev–Trinajstić information content (AvgIpc) is 3.32. The number of piperidine rings is 1. The Kier molecular flexibility index (Phi) is 16.6. The summed E-state index contributed by atoms with van der Waals surface area (Å²) in [5.41, 5.74) is -0.845. The molecule has 1 aromatic rings. The second-order valence-corrected chi connectivity index (χ2v) is 12.7. The molecule has 4 N–H and O–H groups in total. The zero-order chi connectivity index (χ0) is 34.9. The fourth-order valence-electron chi connectivity index (χ4n) is 6.34. The standard InChI is InChI=1S/C34H50F3N3O8/c35-34(36,37)26-9-5-10-28(22-26)47-24-27(41)13-14-30-29(31(42)23-32(30)43)11-3-1-2-4-12-33(44)38-17-7-18-39-19-15-25(16-20-39)8-6-21-48-40(45)46/h1,3,5,9-10,13-14,22,25,27,29-32,41-43H,2,4,6-8,11-12,15-21,23-24H2,(H,38,44)/b3-1-,14-13+/t27-,29-,30-,31+,32-/m1/s1. The topological polar surface area (TPSA) is 155 Å². The van der Waals surface area contributed by atoms with Crippen molar-refractivity contribution in [3.8, 4) is 5.75 Å². The second-order valence-electron chi connectivity index (χ2n) is 12.7. The third-order valence-corrected chi connectivity index (χ3v) is 9.04. The number of allylic oxidation sites excluding steroid dienone is 2. The molecule has 1 aliphatic carbocycles. The van der Waals surface area contributed by atoms with Crippen LogP contribution in [0.1, 0.15) is 69.8 Å². The normalized spacial score (nSPS) is 23.1. The molecule has 0 bridgehead atoms. The van der Waals surface area contributed by atoms with E-state index in [1.165, 1.54) is 18.2 Å². The van der Waals surface area contributed by atoms with Crippen molar-refractivity contribution in [3.05, 3.63) is 64.2 Å². The van der Waals surface area contributed by atoms with Gasteiger partial charge in [-0.15, -0.1) is 10.1 Å². The minimum atomic E-state index is -4.50. The number of unbranched alkanes of at least 4 members (excludes halogenated alkanes) is 1. The number of amides is 1. The Morgan fingerprint density at radius 1 is 1.15 bits per heavy atom. The minimum Gasteiger partial charge on any atom is -0.491 e. The molecule has 0 unspecified atom stereocenters. The summed E-state index contributed by atoms with van der Waals surface area (Å²) in [5, 5.41) is 43.7. The van der Waals surface area contributed by atoms with Crippen LogP contribution in [0, 0.1) is 27.9 Å². The van der Waals surface area contributed by atoms with Gasteiger partial charge in [-0.3, -0.25) is 4.79 Å². The number of hydrogen-bond acceptors (Lipinski definition) is 9. The highest BCUT2D eigenvalue weighted by atomic mass is 19.4. The monoisotopic (exact) mass is 685 g/mol. The number of hydrogen-bond donors (Lipinski definition) is 4. The van der Waals surface area contributed by atoms with E-state index >= 15 is 0 Å². The van der Waals surface area contributed by atoms with Crippen LogP contribution in [-0.2, 0) is 15.8 Å². The third kappa shape index (κ3) is 14.5. The summed E-state index contributed by atoms with van der Waals surface area (Å²) in [6, 6.07) is 4.40. The molecule has 5 atom stereocenters. The largest absolute Gasteiger partial charge is 0.491 e. The second kappa shape index (κ2) is 20.3. The van der Waals surface area contributed by atoms with E-state index < -0.39 is 41.1 Å². The number of aliphatic hydroxyl groups is 3. The van der Waals surface area contributed by atoms with E-state index in [0.29, 0.717) is 44.6 Å². The molecule has 11 nitrogen and oxygen atoms in total. The Hall–Kier alpha value is -3.20. The maximum atomic E-state index is 12.9. The van der Waals surface area contributed by atoms with Crippen LogP contribution in [0.4, 0.5) is 13.2 Å². The lowest BCUT2D eigenvalue weighted by atomic mass is 9.89. The van der Waals surface area contributed by atoms with Gasteiger partial charge in [0.1, 0.15) is 18.5 Å². The Morgan fingerprint density at radius 2 is 1.92 bits per heavy atom. The van der Waals surface area contributed by atoms with Crippen LogP contribution in [0.3, 0.4) is 0 Å². The molecule has 2 fully saturated rings. The number of alkyl halides is 3. The Bertz CT molecular complexity index is 1180. The molecule has 1 aromatic carbocycles. The number of rotatable bonds is 20. The molecule has 1 amide bonds. The first-order chi connectivity index (χ1) is 22.9. The summed E-state index contributed by atoms with van der Waals surface area (Å²) in [7, 11) is 0. The van der Waals surface area contributed by atoms with Gasteiger partial charge in [-0.1, -0.05) is 30.4 Å². The predicted molar refractivity (Wildman–Crippen MR) is 172 cm³/mol. The molecule has 1 aliphatic heterocycles. The molecule has 2 aliphatic rings. The first-order valence-corrected chi connectivity index (χ1v) is 16.9. The van der Waals surface area contributed by atoms with E-state index in [-0.39, 0.29) is 37.2 Å². The van der Waals surface area contributed by atoms with Crippen molar-refractivity contribution in [1.82, 2.24) is 10.2 Å². The molecule has 1 saturated carbocycles. The molecule has 0 aromatic heterocycles. The summed E-state index contributed by atoms with van der Waals surface area (Å²) in [6.07, 6.45) is 6.96. The van der Waals surface area contributed by atoms with Crippen LogP contribution >= 0.6 is 0 Å². The molecule has 0 spiro atoms. The van der Waals surface area contributed by atoms with Crippen LogP contribution in [0.2, 0.25) is 0 Å². The third-order valence-electron chi connectivity index (χ3n) is 9.04. The molecule has 48 heavy (non-hydrogen) atoms. The van der Waals surface area contributed by atoms with E-state index in [1.807, 2.05) is 12.2 Å². The molecule has 3 rings (SSSR count). The number of nitrogens with zero attached hydrogens (tertiary/aromatic N) is 2. The zero-order valence-corrected chi connectivity index (χ0v) is 27.3. The van der Waals surface area contributed by atoms with Crippen LogP contribution in [0.15, 0.2) is 48.6 Å². The van der Waals surface area contributed by atoms with Gasteiger partial charge in [0.05, 0.1) is 24.4 Å². The summed E-state index contributed by atoms with van der Waals surface area (Å²) in [5.74, 6) is -0.110. The SMILES string of the molecule is O=C(CCC/C=C\C[C@@H]1[C@@H](/C=C/[C@@H](O)COc2cccc(C(F)(F)F)c2)[C@H](O)C[C@@H]1O)NCCCN1CCC(CCCO[N+](=O)[O-])CC1. The molecule has 1 saturated heterocycles. The van der Waals surface area contributed by atoms with Crippen molar-refractivity contribution < 1.29 is 47.9 Å². The highest BCUT2D eigenvalue weighted by Crippen LogP contribution is 2.36. The quantitative estimate of drug-likeness (QED) is 0.0663. The maximum Gasteiger partial charge on any atom is 0.416 e. The van der Waals surface area contributed by atoms with Crippen molar-refractivity contribution >= 4 is 5.91 Å². The van der Waals surface area contributed by atoms with E-state index in [4.69, 9.17) is 4.74 Å². The van der Waals surface area contributed by atoms with Crippen molar-refractivity contribution in [2.45, 2.75) is 88.7 Å². The van der Waals surface area contributed by atoms with Gasteiger partial charge in [0.2, 0.25) is 5.91 Å². The van der Waals surface area contributed by atoms with Gasteiger partial charge in [-0.2, -0.15) is 13.2 Å². The lowest BCUT2D eigenvalue weighted by Gasteiger charge is -2.32. The van der Waals surface area contributed by atoms with Gasteiger partial charge in [-0.25, -0.2) is 0 Å². The number of aliphatic hydroxyl groups excluding tert-OH is 3. The smallest absolute Gasteiger partial charge is 0.416 e. The van der Waals surface area contributed by atoms with Gasteiger partial charge in [0.25, 0.3) is 5.09 Å². The molecular weight excluding hydrogens is 635 g/mol. The molecule has 0 radical (unpaired) electrons. The molecular formula is C34H50F3N3O8. The van der Waals surface area contributed by atoms with Gasteiger partial charge >= 0.3 is 6.18 Å². The van der Waals surface area contributed by atoms with Crippen LogP contribution in [-0.4, -0.2) is 88.9 Å². The molecule has 14 heteroatoms. The molecule has 1 heterocycles. The van der Waals surface area contributed by atoms with Gasteiger partial charge in [-0.05, 0) is 101 Å². The Labute approximate surface area is 279 Å². The van der Waals surface area contributed by atoms with E-state index in [9.17, 15) is 43.4 Å². The number of benzene rings is 1. The molecule has 270 valence electrons. The first kappa shape index (κ1) is 39.2. The van der Waals surface area contributed by atoms with Crippen molar-refractivity contribution in [1.29, 1.82) is 0 Å². The fourth-order valence-corrected chi connectivity index (χ4v) is 6.34. The first-order valence-electron chi connectivity index (χ1n) is 16.9. The van der Waals surface area contributed by atoms with E-state index in [2.05, 4.69) is 15.1 Å². The number of halogens is 3. The highest BCUT2D eigenvalue weighted by Gasteiger charge is 2.39. The van der Waals surface area contributed by atoms with Gasteiger partial charge in [0, 0.05) is 25.3 Å². The summed E-state index contributed by atoms with van der Waals surface area (Å²) < 4.78 is 44.0. The zero-order valence-electron chi connectivity index (χ0n) is 27.3. The van der Waals surface area contributed by atoms with Gasteiger partial charge < -0.3 is 35.1 Å². The van der Waals surface area contributed by atoms with Crippen molar-refractivity contribution in [2.75, 3.05) is 39.4 Å². The lowest BCUT2D eigenvalue weighted by Crippen LogP contribution is -2.36. The fraction of sp³-hybridized carbons (Fsp3) is 0.676. The minimum absolute atomic E-state index is 0.00850. The van der Waals surface area contributed by atoms with Crippen molar-refractivity contribution in [3.63, 3.8) is 0 Å². The number of carbonyl (C=O) groups excluding carboxylic acids is 1. The predicted octanol–water partition coefficient (Wildman–Crippen LogP) is 4.68. The number of carbonyl (C=O) groups is 1. The van der Waals surface area contributed by atoms with Crippen molar-refractivity contribution in [2.24, 2.45) is 17.8 Å². The van der Waals surface area contributed by atoms with Crippen LogP contribution in [0.25, 0.3) is 0 Å². The summed E-state index contributed by atoms with van der Waals surface area (Å²) >= 11 is 0. The highest BCUT2D eigenvalue weighted by molar-refractivity contribution is 5.75. The Morgan fingerprint density at radius 3 is 2.65 bits per heavy atom. The van der Waals surface area contributed by atoms with Gasteiger partial charge in [0.15, 0.2) is 0 Å². The lowest BCUT2D eigenvalue weighted by molar-refractivity contribution is -0.757.